The van der Waals surface area contributed by atoms with Crippen molar-refractivity contribution < 1.29 is 26.1 Å². The van der Waals surface area contributed by atoms with Crippen molar-refractivity contribution in [1.82, 2.24) is 5.32 Å². The Labute approximate surface area is 238 Å². The summed E-state index contributed by atoms with van der Waals surface area (Å²) >= 11 is 0. The van der Waals surface area contributed by atoms with E-state index in [0.717, 1.165) is 75.4 Å². The van der Waals surface area contributed by atoms with Crippen LogP contribution in [0.25, 0.3) is 0 Å². The second-order valence-electron chi connectivity index (χ2n) is 12.4. The quantitative estimate of drug-likeness (QED) is 0.0873. The number of hydrogen-bond donors (Lipinski definition) is 1. The van der Waals surface area contributed by atoms with E-state index in [4.69, 9.17) is 0 Å². The Bertz CT molecular complexity index is 470. The number of halogens is 2. The number of unbranched alkanes of at least 4 members (excludes halogenated alkanes) is 18. The first-order valence-electron chi connectivity index (χ1n) is 16.1. The van der Waals surface area contributed by atoms with Crippen molar-refractivity contribution in [3.8, 4) is 0 Å². The Kier molecular flexibility index (Phi) is 30.0. The molecule has 3 nitrogen and oxygen atoms in total. The van der Waals surface area contributed by atoms with Gasteiger partial charge in [0.15, 0.2) is 0 Å². The van der Waals surface area contributed by atoms with Crippen LogP contribution < -0.4 is 17.7 Å². The van der Waals surface area contributed by atoms with Gasteiger partial charge in [0.2, 0.25) is 5.91 Å². The van der Waals surface area contributed by atoms with Gasteiger partial charge >= 0.3 is 0 Å². The minimum atomic E-state index is -0.607. The monoisotopic (exact) mass is 548 g/mol. The number of amides is 1. The molecule has 0 aromatic rings. The zero-order chi connectivity index (χ0) is 26.7. The molecule has 1 unspecified atom stereocenters. The van der Waals surface area contributed by atoms with E-state index in [1.807, 2.05) is 0 Å². The Morgan fingerprint density at radius 1 is 0.622 bits per heavy atom. The zero-order valence-electron chi connectivity index (χ0n) is 25.6. The number of nitrogens with one attached hydrogen (secondary N) is 1. The molecule has 37 heavy (non-hydrogen) atoms. The van der Waals surface area contributed by atoms with Crippen molar-refractivity contribution in [3.05, 3.63) is 0 Å². The Morgan fingerprint density at radius 2 is 1.00 bits per heavy atom. The van der Waals surface area contributed by atoms with Gasteiger partial charge in [-0.15, -0.1) is 0 Å². The van der Waals surface area contributed by atoms with Crippen molar-refractivity contribution in [3.63, 3.8) is 0 Å². The molecule has 0 aliphatic heterocycles. The molecule has 0 aromatic heterocycles. The van der Waals surface area contributed by atoms with Gasteiger partial charge in [0.05, 0.1) is 27.7 Å². The lowest BCUT2D eigenvalue weighted by atomic mass is 10.0. The Hall–Kier alpha value is -0.350. The van der Waals surface area contributed by atoms with Gasteiger partial charge in [-0.05, 0) is 19.3 Å². The van der Waals surface area contributed by atoms with Gasteiger partial charge in [0.1, 0.15) is 6.17 Å². The largest absolute Gasteiger partial charge is 1.00 e. The minimum Gasteiger partial charge on any atom is -1.00 e. The molecule has 0 aromatic carbocycles. The van der Waals surface area contributed by atoms with Crippen LogP contribution in [0.15, 0.2) is 0 Å². The van der Waals surface area contributed by atoms with Gasteiger partial charge in [-0.25, -0.2) is 4.39 Å². The maximum atomic E-state index is 14.1. The van der Waals surface area contributed by atoms with E-state index in [9.17, 15) is 9.18 Å². The molecule has 224 valence electrons. The molecule has 0 bridgehead atoms. The summed E-state index contributed by atoms with van der Waals surface area (Å²) in [5, 5.41) is 3.03. The van der Waals surface area contributed by atoms with Crippen LogP contribution in [0.2, 0.25) is 0 Å². The third-order valence-electron chi connectivity index (χ3n) is 7.37. The topological polar surface area (TPSA) is 29.1 Å². The molecule has 0 saturated carbocycles. The number of hydrogen-bond acceptors (Lipinski definition) is 1. The number of carbonyl (C=O) groups is 1. The fourth-order valence-electron chi connectivity index (χ4n) is 4.93. The van der Waals surface area contributed by atoms with Gasteiger partial charge in [0.25, 0.3) is 0 Å². The predicted octanol–water partition coefficient (Wildman–Crippen LogP) is 6.53. The lowest BCUT2D eigenvalue weighted by Crippen LogP contribution is -3.00. The van der Waals surface area contributed by atoms with E-state index in [-0.39, 0.29) is 18.3 Å². The van der Waals surface area contributed by atoms with E-state index in [1.165, 1.54) is 89.9 Å². The number of rotatable bonds is 28. The highest BCUT2D eigenvalue weighted by Gasteiger charge is 2.08. The molecule has 1 N–H and O–H groups in total. The van der Waals surface area contributed by atoms with Crippen molar-refractivity contribution in [2.24, 2.45) is 0 Å². The van der Waals surface area contributed by atoms with E-state index in [0.29, 0.717) is 6.42 Å². The highest BCUT2D eigenvalue weighted by atomic mass is 35.5. The molecule has 0 aliphatic carbocycles. The highest BCUT2D eigenvalue weighted by Crippen LogP contribution is 2.17. The lowest BCUT2D eigenvalue weighted by molar-refractivity contribution is -0.870. The lowest BCUT2D eigenvalue weighted by Gasteiger charge is -2.23. The third-order valence-corrected chi connectivity index (χ3v) is 7.37. The average molecular weight is 549 g/mol. The van der Waals surface area contributed by atoms with Gasteiger partial charge in [-0.3, -0.25) is 4.79 Å². The van der Waals surface area contributed by atoms with Crippen LogP contribution in [-0.4, -0.2) is 50.8 Å². The third kappa shape index (κ3) is 33.6. The molecule has 0 heterocycles. The average Bonchev–Trinajstić information content (AvgIpc) is 2.83. The van der Waals surface area contributed by atoms with E-state index < -0.39 is 6.17 Å². The summed E-state index contributed by atoms with van der Waals surface area (Å²) < 4.78 is 15.1. The predicted molar refractivity (Wildman–Crippen MR) is 157 cm³/mol. The molecule has 0 radical (unpaired) electrons. The Balaban J connectivity index is 0. The molecule has 0 rings (SSSR count). The molecule has 0 saturated heterocycles. The van der Waals surface area contributed by atoms with E-state index >= 15 is 0 Å². The fourth-order valence-corrected chi connectivity index (χ4v) is 4.93. The minimum absolute atomic E-state index is 0. The molecular formula is C32H66ClFN2O. The van der Waals surface area contributed by atoms with E-state index in [2.05, 4.69) is 33.4 Å². The van der Waals surface area contributed by atoms with Crippen molar-refractivity contribution in [2.45, 2.75) is 167 Å². The first-order chi connectivity index (χ1) is 17.3. The van der Waals surface area contributed by atoms with Gasteiger partial charge in [0, 0.05) is 19.4 Å². The maximum Gasteiger partial charge on any atom is 0.219 e. The van der Waals surface area contributed by atoms with Crippen molar-refractivity contribution in [2.75, 3.05) is 34.2 Å². The molecule has 0 fully saturated rings. The first-order valence-corrected chi connectivity index (χ1v) is 16.1. The summed E-state index contributed by atoms with van der Waals surface area (Å²) in [5.74, 6) is 0.184. The number of carbonyl (C=O) groups excluding carboxylic acids is 1. The van der Waals surface area contributed by atoms with Crippen molar-refractivity contribution >= 4 is 5.91 Å². The van der Waals surface area contributed by atoms with Crippen LogP contribution in [0.3, 0.4) is 0 Å². The molecule has 1 amide bonds. The zero-order valence-corrected chi connectivity index (χ0v) is 26.3. The second-order valence-corrected chi connectivity index (χ2v) is 12.4. The fraction of sp³-hybridized carbons (Fsp3) is 0.969. The van der Waals surface area contributed by atoms with Gasteiger partial charge in [-0.2, -0.15) is 0 Å². The van der Waals surface area contributed by atoms with Gasteiger partial charge in [-0.1, -0.05) is 129 Å². The first kappa shape index (κ1) is 38.8. The van der Waals surface area contributed by atoms with Crippen LogP contribution in [0.4, 0.5) is 4.39 Å². The number of quaternary nitrogens is 1. The number of alkyl halides is 1. The van der Waals surface area contributed by atoms with Crippen LogP contribution in [0.5, 0.6) is 0 Å². The summed E-state index contributed by atoms with van der Waals surface area (Å²) in [6.07, 6.45) is 28.2. The van der Waals surface area contributed by atoms with E-state index in [1.54, 1.807) is 0 Å². The van der Waals surface area contributed by atoms with Crippen LogP contribution >= 0.6 is 0 Å². The van der Waals surface area contributed by atoms with Crippen molar-refractivity contribution in [1.29, 1.82) is 0 Å². The number of nitrogens with zero attached hydrogens (tertiary/aromatic N) is 1. The normalized spacial score (nSPS) is 12.4. The maximum absolute atomic E-state index is 14.1. The summed E-state index contributed by atoms with van der Waals surface area (Å²) in [6, 6.07) is 0. The van der Waals surface area contributed by atoms with Crippen LogP contribution in [0.1, 0.15) is 161 Å². The summed E-state index contributed by atoms with van der Waals surface area (Å²) in [7, 11) is 6.52. The summed E-state index contributed by atoms with van der Waals surface area (Å²) in [4.78, 5) is 11.9. The smallest absolute Gasteiger partial charge is 0.219 e. The molecule has 0 aliphatic rings. The highest BCUT2D eigenvalue weighted by molar-refractivity contribution is 5.75. The summed E-state index contributed by atoms with van der Waals surface area (Å²) in [5.41, 5.74) is 0. The standard InChI is InChI=1S/C32H65FN2O.ClH/c1-5-6-7-8-9-10-11-12-13-14-15-16-17-19-22-26-31(33)27-23-20-18-21-24-28-32(36)34-29-25-30-35(2,3)4;/h31H,5-30H2,1-4H3;1H. The van der Waals surface area contributed by atoms with Crippen LogP contribution in [-0.2, 0) is 4.79 Å². The molecule has 5 heteroatoms. The van der Waals surface area contributed by atoms with Crippen LogP contribution in [0, 0.1) is 0 Å². The summed E-state index contributed by atoms with van der Waals surface area (Å²) in [6.45, 7) is 4.14. The molecule has 0 spiro atoms. The second kappa shape index (κ2) is 28.7. The van der Waals surface area contributed by atoms with Gasteiger partial charge < -0.3 is 22.2 Å². The SMILES string of the molecule is CCCCCCCCCCCCCCCCCC(F)CCCCCCCC(=O)NCCC[N+](C)(C)C.[Cl-]. The molecule has 1 atom stereocenters. The molecular weight excluding hydrogens is 483 g/mol. The Morgan fingerprint density at radius 3 is 1.41 bits per heavy atom.